The van der Waals surface area contributed by atoms with Crippen LogP contribution in [0.3, 0.4) is 0 Å². The second-order valence-corrected chi connectivity index (χ2v) is 4.77. The molecule has 2 aromatic carbocycles. The summed E-state index contributed by atoms with van der Waals surface area (Å²) in [6.45, 7) is 0. The van der Waals surface area contributed by atoms with Crippen LogP contribution in [0.25, 0.3) is 11.1 Å². The number of aliphatic carboxylic acids is 1. The Morgan fingerprint density at radius 1 is 1.10 bits per heavy atom. The zero-order valence-corrected chi connectivity index (χ0v) is 11.0. The maximum Gasteiger partial charge on any atom is 0.322 e. The monoisotopic (exact) mass is 280 g/mol. The lowest BCUT2D eigenvalue weighted by atomic mass is 9.91. The van der Waals surface area contributed by atoms with Gasteiger partial charge < -0.3 is 10.8 Å². The number of aliphatic imine (C=N–C) groups is 1. The maximum atomic E-state index is 12.2. The van der Waals surface area contributed by atoms with Gasteiger partial charge in [0.1, 0.15) is 5.84 Å². The van der Waals surface area contributed by atoms with Gasteiger partial charge in [0.25, 0.3) is 0 Å². The van der Waals surface area contributed by atoms with Crippen LogP contribution in [0.4, 0.5) is 5.69 Å². The largest absolute Gasteiger partial charge is 0.480 e. The molecule has 0 radical (unpaired) electrons. The average molecular weight is 280 g/mol. The number of benzene rings is 2. The Labute approximate surface area is 120 Å². The number of rotatable bonds is 2. The van der Waals surface area contributed by atoms with Gasteiger partial charge in [-0.05, 0) is 23.3 Å². The van der Waals surface area contributed by atoms with Crippen LogP contribution >= 0.6 is 0 Å². The number of carboxylic acids is 1. The minimum atomic E-state index is -1.39. The van der Waals surface area contributed by atoms with Gasteiger partial charge in [-0.3, -0.25) is 9.59 Å². The number of carbonyl (C=O) groups excluding carboxylic acids is 1. The lowest BCUT2D eigenvalue weighted by Crippen LogP contribution is -2.38. The molecule has 0 saturated carbocycles. The third-order valence-electron chi connectivity index (χ3n) is 3.42. The summed E-state index contributed by atoms with van der Waals surface area (Å²) in [5, 5.41) is 9.06. The van der Waals surface area contributed by atoms with Gasteiger partial charge in [0.05, 0.1) is 5.69 Å². The van der Waals surface area contributed by atoms with E-state index in [9.17, 15) is 9.59 Å². The SMILES string of the molecule is NC1=Nc2cc(-c3ccccc3)ccc2C(=O)C1C(=O)O. The molecule has 21 heavy (non-hydrogen) atoms. The first-order valence-electron chi connectivity index (χ1n) is 6.38. The van der Waals surface area contributed by atoms with E-state index in [0.717, 1.165) is 11.1 Å². The molecule has 0 bridgehead atoms. The van der Waals surface area contributed by atoms with E-state index in [0.29, 0.717) is 5.69 Å². The van der Waals surface area contributed by atoms with Crippen LogP contribution in [0, 0.1) is 5.92 Å². The first-order chi connectivity index (χ1) is 10.1. The summed E-state index contributed by atoms with van der Waals surface area (Å²) in [5.74, 6) is -3.37. The molecule has 0 amide bonds. The van der Waals surface area contributed by atoms with Crippen molar-refractivity contribution in [2.45, 2.75) is 0 Å². The van der Waals surface area contributed by atoms with Gasteiger partial charge in [0.2, 0.25) is 0 Å². The lowest BCUT2D eigenvalue weighted by Gasteiger charge is -2.18. The number of Topliss-reactive ketones (excluding diaryl/α,β-unsaturated/α-hetero) is 1. The van der Waals surface area contributed by atoms with E-state index in [2.05, 4.69) is 4.99 Å². The van der Waals surface area contributed by atoms with Crippen molar-refractivity contribution in [3.8, 4) is 11.1 Å². The Morgan fingerprint density at radius 3 is 2.48 bits per heavy atom. The molecule has 5 nitrogen and oxygen atoms in total. The number of nitrogens with zero attached hydrogens (tertiary/aromatic N) is 1. The van der Waals surface area contributed by atoms with Crippen LogP contribution in [0.5, 0.6) is 0 Å². The van der Waals surface area contributed by atoms with Crippen LogP contribution in [-0.4, -0.2) is 22.7 Å². The fraction of sp³-hybridized carbons (Fsp3) is 0.0625. The number of nitrogens with two attached hydrogens (primary N) is 1. The topological polar surface area (TPSA) is 92.8 Å². The fourth-order valence-electron chi connectivity index (χ4n) is 2.37. The van der Waals surface area contributed by atoms with E-state index in [1.165, 1.54) is 0 Å². The zero-order chi connectivity index (χ0) is 15.0. The Balaban J connectivity index is 2.10. The van der Waals surface area contributed by atoms with Crippen molar-refractivity contribution < 1.29 is 14.7 Å². The number of ketones is 1. The summed E-state index contributed by atoms with van der Waals surface area (Å²) < 4.78 is 0. The molecule has 1 aliphatic rings. The molecule has 1 heterocycles. The van der Waals surface area contributed by atoms with E-state index in [1.54, 1.807) is 18.2 Å². The molecular formula is C16H12N2O3. The fourth-order valence-corrected chi connectivity index (χ4v) is 2.37. The molecule has 104 valence electrons. The van der Waals surface area contributed by atoms with Gasteiger partial charge in [-0.15, -0.1) is 0 Å². The molecule has 5 heteroatoms. The summed E-state index contributed by atoms with van der Waals surface area (Å²) >= 11 is 0. The molecule has 0 aromatic heterocycles. The smallest absolute Gasteiger partial charge is 0.322 e. The van der Waals surface area contributed by atoms with Crippen molar-refractivity contribution >= 4 is 23.3 Å². The standard InChI is InChI=1S/C16H12N2O3/c17-15-13(16(20)21)14(19)11-7-6-10(8-12(11)18-15)9-4-2-1-3-5-9/h1-8,13H,(H2,17,18)(H,20,21). The Hall–Kier alpha value is -2.95. The normalized spacial score (nSPS) is 17.0. The van der Waals surface area contributed by atoms with Gasteiger partial charge in [-0.1, -0.05) is 36.4 Å². The van der Waals surface area contributed by atoms with Gasteiger partial charge in [0, 0.05) is 5.56 Å². The molecule has 1 atom stereocenters. The van der Waals surface area contributed by atoms with Crippen LogP contribution in [0.1, 0.15) is 10.4 Å². The highest BCUT2D eigenvalue weighted by atomic mass is 16.4. The number of amidine groups is 1. The minimum absolute atomic E-state index is 0.176. The first kappa shape index (κ1) is 13.1. The average Bonchev–Trinajstić information content (AvgIpc) is 2.47. The molecule has 0 aliphatic carbocycles. The van der Waals surface area contributed by atoms with Crippen LogP contribution < -0.4 is 5.73 Å². The molecule has 1 unspecified atom stereocenters. The summed E-state index contributed by atoms with van der Waals surface area (Å²) in [6.07, 6.45) is 0. The second-order valence-electron chi connectivity index (χ2n) is 4.77. The molecule has 3 N–H and O–H groups in total. The van der Waals surface area contributed by atoms with E-state index < -0.39 is 17.7 Å². The Bertz CT molecular complexity index is 766. The third-order valence-corrected chi connectivity index (χ3v) is 3.42. The highest BCUT2D eigenvalue weighted by molar-refractivity contribution is 6.26. The zero-order valence-electron chi connectivity index (χ0n) is 11.0. The number of carboxylic acid groups (broad SMARTS) is 1. The predicted octanol–water partition coefficient (Wildman–Crippen LogP) is 2.24. The van der Waals surface area contributed by atoms with Crippen LogP contribution in [0.15, 0.2) is 53.5 Å². The number of hydrogen-bond acceptors (Lipinski definition) is 4. The van der Waals surface area contributed by atoms with E-state index in [4.69, 9.17) is 10.8 Å². The first-order valence-corrected chi connectivity index (χ1v) is 6.38. The van der Waals surface area contributed by atoms with Gasteiger partial charge in [0.15, 0.2) is 11.7 Å². The predicted molar refractivity (Wildman–Crippen MR) is 78.6 cm³/mol. The van der Waals surface area contributed by atoms with Crippen molar-refractivity contribution in [2.75, 3.05) is 0 Å². The molecule has 3 rings (SSSR count). The lowest BCUT2D eigenvalue weighted by molar-refractivity contribution is -0.138. The second kappa shape index (κ2) is 4.86. The highest BCUT2D eigenvalue weighted by Gasteiger charge is 2.35. The van der Waals surface area contributed by atoms with Crippen molar-refractivity contribution in [1.29, 1.82) is 0 Å². The van der Waals surface area contributed by atoms with Gasteiger partial charge in [-0.25, -0.2) is 4.99 Å². The van der Waals surface area contributed by atoms with Crippen LogP contribution in [-0.2, 0) is 4.79 Å². The molecule has 0 spiro atoms. The van der Waals surface area contributed by atoms with Gasteiger partial charge >= 0.3 is 5.97 Å². The van der Waals surface area contributed by atoms with Crippen LogP contribution in [0.2, 0.25) is 0 Å². The number of fused-ring (bicyclic) bond motifs is 1. The van der Waals surface area contributed by atoms with Crippen molar-refractivity contribution in [1.82, 2.24) is 0 Å². The number of hydrogen-bond donors (Lipinski definition) is 2. The molecule has 0 saturated heterocycles. The maximum absolute atomic E-state index is 12.2. The highest BCUT2D eigenvalue weighted by Crippen LogP contribution is 2.32. The third kappa shape index (κ3) is 2.18. The van der Waals surface area contributed by atoms with Gasteiger partial charge in [-0.2, -0.15) is 0 Å². The van der Waals surface area contributed by atoms with Crippen molar-refractivity contribution in [2.24, 2.45) is 16.6 Å². The number of carbonyl (C=O) groups is 2. The molecule has 1 aliphatic heterocycles. The summed E-state index contributed by atoms with van der Waals surface area (Å²) in [4.78, 5) is 27.3. The summed E-state index contributed by atoms with van der Waals surface area (Å²) in [5.41, 5.74) is 8.21. The Morgan fingerprint density at radius 2 is 1.81 bits per heavy atom. The van der Waals surface area contributed by atoms with E-state index >= 15 is 0 Å². The molecular weight excluding hydrogens is 268 g/mol. The van der Waals surface area contributed by atoms with Crippen molar-refractivity contribution in [3.05, 3.63) is 54.1 Å². The molecule has 2 aromatic rings. The van der Waals surface area contributed by atoms with E-state index in [1.807, 2.05) is 30.3 Å². The quantitative estimate of drug-likeness (QED) is 0.825. The summed E-state index contributed by atoms with van der Waals surface area (Å²) in [6, 6.07) is 14.8. The van der Waals surface area contributed by atoms with Crippen molar-refractivity contribution in [3.63, 3.8) is 0 Å². The molecule has 0 fully saturated rings. The summed E-state index contributed by atoms with van der Waals surface area (Å²) in [7, 11) is 0. The minimum Gasteiger partial charge on any atom is -0.480 e. The van der Waals surface area contributed by atoms with E-state index in [-0.39, 0.29) is 11.4 Å². The Kier molecular flexibility index (Phi) is 3.02.